The van der Waals surface area contributed by atoms with Gasteiger partial charge in [-0.15, -0.1) is 0 Å². The smallest absolute Gasteiger partial charge is 0.248 e. The van der Waals surface area contributed by atoms with Crippen molar-refractivity contribution >= 4 is 17.3 Å². The fraction of sp³-hybridized carbons (Fsp3) is 0.462. The molecule has 100 valence electrons. The summed E-state index contributed by atoms with van der Waals surface area (Å²) in [6.45, 7) is 3.11. The molecule has 0 radical (unpaired) electrons. The van der Waals surface area contributed by atoms with Crippen LogP contribution in [0.3, 0.4) is 0 Å². The Morgan fingerprint density at radius 3 is 2.61 bits per heavy atom. The van der Waals surface area contributed by atoms with Crippen molar-refractivity contribution in [3.63, 3.8) is 0 Å². The second kappa shape index (κ2) is 6.26. The fourth-order valence-corrected chi connectivity index (χ4v) is 1.64. The second-order valence-corrected chi connectivity index (χ2v) is 4.80. The molecule has 0 saturated carbocycles. The highest BCUT2D eigenvalue weighted by atomic mass is 16.1. The maximum Gasteiger partial charge on any atom is 0.248 e. The van der Waals surface area contributed by atoms with Gasteiger partial charge in [0.1, 0.15) is 0 Å². The Kier molecular flexibility index (Phi) is 4.97. The molecule has 1 aromatic rings. The molecule has 0 aliphatic heterocycles. The highest BCUT2D eigenvalue weighted by Crippen LogP contribution is 2.21. The molecule has 1 unspecified atom stereocenters. The van der Waals surface area contributed by atoms with E-state index >= 15 is 0 Å². The van der Waals surface area contributed by atoms with E-state index in [9.17, 15) is 4.79 Å². The molecular weight excluding hydrogens is 228 g/mol. The number of primary amides is 1. The van der Waals surface area contributed by atoms with Crippen LogP contribution in [0.2, 0.25) is 0 Å². The van der Waals surface area contributed by atoms with Crippen molar-refractivity contribution in [3.8, 4) is 0 Å². The number of hydrogen-bond donors (Lipinski definition) is 3. The van der Waals surface area contributed by atoms with E-state index in [1.165, 1.54) is 0 Å². The van der Waals surface area contributed by atoms with Gasteiger partial charge in [-0.05, 0) is 52.2 Å². The summed E-state index contributed by atoms with van der Waals surface area (Å²) in [6.07, 6.45) is 1.02. The largest absolute Gasteiger partial charge is 0.397 e. The Labute approximate surface area is 108 Å². The third kappa shape index (κ3) is 4.25. The predicted molar refractivity (Wildman–Crippen MR) is 75.6 cm³/mol. The number of amides is 1. The van der Waals surface area contributed by atoms with Crippen LogP contribution in [-0.4, -0.2) is 37.5 Å². The van der Waals surface area contributed by atoms with Crippen LogP contribution >= 0.6 is 0 Å². The van der Waals surface area contributed by atoms with Gasteiger partial charge in [0.05, 0.1) is 11.4 Å². The summed E-state index contributed by atoms with van der Waals surface area (Å²) in [4.78, 5) is 13.1. The minimum Gasteiger partial charge on any atom is -0.397 e. The number of nitrogens with one attached hydrogen (secondary N) is 1. The summed E-state index contributed by atoms with van der Waals surface area (Å²) in [5.74, 6) is -0.464. The Hall–Kier alpha value is -1.75. The number of carbonyl (C=O) groups is 1. The van der Waals surface area contributed by atoms with Crippen molar-refractivity contribution in [1.82, 2.24) is 4.90 Å². The monoisotopic (exact) mass is 250 g/mol. The summed E-state index contributed by atoms with van der Waals surface area (Å²) in [7, 11) is 4.09. The Morgan fingerprint density at radius 2 is 2.11 bits per heavy atom. The molecule has 1 rings (SSSR count). The average molecular weight is 250 g/mol. The lowest BCUT2D eigenvalue weighted by Gasteiger charge is -2.19. The van der Waals surface area contributed by atoms with E-state index in [1.54, 1.807) is 18.2 Å². The number of nitrogens with two attached hydrogens (primary N) is 2. The van der Waals surface area contributed by atoms with Crippen molar-refractivity contribution in [3.05, 3.63) is 23.8 Å². The van der Waals surface area contributed by atoms with Crippen LogP contribution in [0.1, 0.15) is 23.7 Å². The zero-order valence-corrected chi connectivity index (χ0v) is 11.2. The van der Waals surface area contributed by atoms with Gasteiger partial charge in [0.2, 0.25) is 5.91 Å². The van der Waals surface area contributed by atoms with Crippen LogP contribution in [0.25, 0.3) is 0 Å². The maximum atomic E-state index is 11.0. The molecule has 5 nitrogen and oxygen atoms in total. The molecule has 1 atom stereocenters. The molecule has 0 fully saturated rings. The molecule has 1 amide bonds. The Balaban J connectivity index is 2.64. The minimum absolute atomic E-state index is 0.314. The molecule has 0 aliphatic rings. The van der Waals surface area contributed by atoms with Gasteiger partial charge in [0.15, 0.2) is 0 Å². The van der Waals surface area contributed by atoms with Crippen LogP contribution in [0, 0.1) is 0 Å². The van der Waals surface area contributed by atoms with Gasteiger partial charge in [0.25, 0.3) is 0 Å². The molecule has 0 spiro atoms. The predicted octanol–water partition coefficient (Wildman–Crippen LogP) is 1.12. The second-order valence-electron chi connectivity index (χ2n) is 4.80. The van der Waals surface area contributed by atoms with Gasteiger partial charge < -0.3 is 21.7 Å². The zero-order valence-electron chi connectivity index (χ0n) is 11.2. The van der Waals surface area contributed by atoms with Gasteiger partial charge >= 0.3 is 0 Å². The summed E-state index contributed by atoms with van der Waals surface area (Å²) >= 11 is 0. The number of benzene rings is 1. The van der Waals surface area contributed by atoms with E-state index in [1.807, 2.05) is 14.1 Å². The average Bonchev–Trinajstić information content (AvgIpc) is 2.29. The third-order valence-electron chi connectivity index (χ3n) is 2.75. The molecular formula is C13H22N4O. The van der Waals surface area contributed by atoms with E-state index in [4.69, 9.17) is 11.5 Å². The Morgan fingerprint density at radius 1 is 1.44 bits per heavy atom. The van der Waals surface area contributed by atoms with Gasteiger partial charge in [0, 0.05) is 11.6 Å². The first kappa shape index (κ1) is 14.3. The van der Waals surface area contributed by atoms with Crippen molar-refractivity contribution in [2.45, 2.75) is 19.4 Å². The highest BCUT2D eigenvalue weighted by Gasteiger charge is 2.07. The number of anilines is 2. The number of rotatable bonds is 6. The van der Waals surface area contributed by atoms with Crippen LogP contribution < -0.4 is 16.8 Å². The SMILES string of the molecule is CC(CCN(C)C)Nc1ccc(C(N)=O)cc1N. The molecule has 5 N–H and O–H groups in total. The lowest BCUT2D eigenvalue weighted by atomic mass is 10.1. The fourth-order valence-electron chi connectivity index (χ4n) is 1.64. The van der Waals surface area contributed by atoms with E-state index in [2.05, 4.69) is 17.1 Å². The molecule has 0 aromatic heterocycles. The first-order valence-electron chi connectivity index (χ1n) is 6.00. The van der Waals surface area contributed by atoms with E-state index in [0.29, 0.717) is 17.3 Å². The standard InChI is InChI=1S/C13H22N4O/c1-9(6-7-17(2)3)16-12-5-4-10(13(15)18)8-11(12)14/h4-5,8-9,16H,6-7,14H2,1-3H3,(H2,15,18). The maximum absolute atomic E-state index is 11.0. The number of hydrogen-bond acceptors (Lipinski definition) is 4. The Bertz CT molecular complexity index is 417. The summed E-state index contributed by atoms with van der Waals surface area (Å²) < 4.78 is 0. The lowest BCUT2D eigenvalue weighted by Crippen LogP contribution is -2.23. The number of nitrogen functional groups attached to an aromatic ring is 1. The van der Waals surface area contributed by atoms with E-state index in [-0.39, 0.29) is 0 Å². The van der Waals surface area contributed by atoms with Gasteiger partial charge in [-0.2, -0.15) is 0 Å². The van der Waals surface area contributed by atoms with Crippen molar-refractivity contribution in [2.24, 2.45) is 5.73 Å². The van der Waals surface area contributed by atoms with Crippen molar-refractivity contribution in [2.75, 3.05) is 31.7 Å². The quantitative estimate of drug-likeness (QED) is 0.661. The molecule has 0 aliphatic carbocycles. The van der Waals surface area contributed by atoms with Crippen LogP contribution in [-0.2, 0) is 0 Å². The minimum atomic E-state index is -0.464. The third-order valence-corrected chi connectivity index (χ3v) is 2.75. The van der Waals surface area contributed by atoms with E-state index in [0.717, 1.165) is 18.7 Å². The van der Waals surface area contributed by atoms with Crippen molar-refractivity contribution in [1.29, 1.82) is 0 Å². The topological polar surface area (TPSA) is 84.4 Å². The summed E-state index contributed by atoms with van der Waals surface area (Å²) in [5, 5.41) is 3.33. The molecule has 0 saturated heterocycles. The zero-order chi connectivity index (χ0) is 13.7. The number of carbonyl (C=O) groups excluding carboxylic acids is 1. The molecule has 5 heteroatoms. The molecule has 18 heavy (non-hydrogen) atoms. The van der Waals surface area contributed by atoms with Gasteiger partial charge in [-0.25, -0.2) is 0 Å². The van der Waals surface area contributed by atoms with Crippen LogP contribution in [0.4, 0.5) is 11.4 Å². The van der Waals surface area contributed by atoms with Crippen LogP contribution in [0.15, 0.2) is 18.2 Å². The molecule has 0 heterocycles. The molecule has 0 bridgehead atoms. The van der Waals surface area contributed by atoms with Crippen molar-refractivity contribution < 1.29 is 4.79 Å². The summed E-state index contributed by atoms with van der Waals surface area (Å²) in [5.41, 5.74) is 12.9. The highest BCUT2D eigenvalue weighted by molar-refractivity contribution is 5.94. The summed E-state index contributed by atoms with van der Waals surface area (Å²) in [6, 6.07) is 5.39. The van der Waals surface area contributed by atoms with E-state index < -0.39 is 5.91 Å². The lowest BCUT2D eigenvalue weighted by molar-refractivity contribution is 0.100. The first-order chi connectivity index (χ1) is 8.40. The van der Waals surface area contributed by atoms with Gasteiger partial charge in [-0.1, -0.05) is 0 Å². The first-order valence-corrected chi connectivity index (χ1v) is 6.00. The number of nitrogens with zero attached hydrogens (tertiary/aromatic N) is 1. The normalized spacial score (nSPS) is 12.4. The molecule has 1 aromatic carbocycles. The van der Waals surface area contributed by atoms with Gasteiger partial charge in [-0.3, -0.25) is 4.79 Å². The van der Waals surface area contributed by atoms with Crippen LogP contribution in [0.5, 0.6) is 0 Å².